The second-order valence-electron chi connectivity index (χ2n) is 7.19. The molecule has 2 aliphatic carbocycles. The van der Waals surface area contributed by atoms with Gasteiger partial charge in [0.15, 0.2) is 11.7 Å². The minimum atomic E-state index is -0.189. The van der Waals surface area contributed by atoms with Gasteiger partial charge in [-0.15, -0.1) is 0 Å². The van der Waals surface area contributed by atoms with E-state index in [0.717, 1.165) is 17.8 Å². The van der Waals surface area contributed by atoms with E-state index in [1.807, 2.05) is 0 Å². The fourth-order valence-corrected chi connectivity index (χ4v) is 4.24. The van der Waals surface area contributed by atoms with Crippen molar-refractivity contribution in [3.8, 4) is 0 Å². The molecule has 1 aromatic heterocycles. The van der Waals surface area contributed by atoms with E-state index in [-0.39, 0.29) is 5.91 Å². The van der Waals surface area contributed by atoms with Crippen molar-refractivity contribution in [3.05, 3.63) is 24.2 Å². The normalized spacial score (nSPS) is 26.6. The Hall–Kier alpha value is -1.98. The number of furan rings is 1. The highest BCUT2D eigenvalue weighted by Gasteiger charge is 2.32. The zero-order valence-corrected chi connectivity index (χ0v) is 15.1. The van der Waals surface area contributed by atoms with E-state index < -0.39 is 0 Å². The number of nitrogens with one attached hydrogen (secondary N) is 3. The molecule has 138 valence electrons. The fraction of sp³-hybridized carbons (Fsp3) is 0.684. The van der Waals surface area contributed by atoms with Gasteiger partial charge < -0.3 is 20.4 Å². The second-order valence-corrected chi connectivity index (χ2v) is 7.19. The predicted octanol–water partition coefficient (Wildman–Crippen LogP) is 2.53. The zero-order valence-electron chi connectivity index (χ0n) is 15.1. The van der Waals surface area contributed by atoms with Gasteiger partial charge in [-0.3, -0.25) is 9.79 Å². The summed E-state index contributed by atoms with van der Waals surface area (Å²) in [6.07, 6.45) is 11.0. The highest BCUT2D eigenvalue weighted by atomic mass is 16.3. The molecule has 3 rings (SSSR count). The lowest BCUT2D eigenvalue weighted by Gasteiger charge is -2.39. The van der Waals surface area contributed by atoms with E-state index in [1.54, 1.807) is 19.2 Å². The average Bonchev–Trinajstić information content (AvgIpc) is 3.18. The molecule has 0 bridgehead atoms. The Labute approximate surface area is 149 Å². The topological polar surface area (TPSA) is 78.7 Å². The molecule has 1 aromatic rings. The predicted molar refractivity (Wildman–Crippen MR) is 98.6 cm³/mol. The molecule has 3 atom stereocenters. The SMILES string of the molecule is CN=C(NCCNC(=O)c1ccco1)NC1CCC2CCCCC2C1. The van der Waals surface area contributed by atoms with Gasteiger partial charge in [-0.1, -0.05) is 25.7 Å². The van der Waals surface area contributed by atoms with Crippen molar-refractivity contribution in [2.75, 3.05) is 20.1 Å². The van der Waals surface area contributed by atoms with E-state index in [9.17, 15) is 4.79 Å². The van der Waals surface area contributed by atoms with Crippen molar-refractivity contribution in [1.82, 2.24) is 16.0 Å². The molecule has 2 saturated carbocycles. The van der Waals surface area contributed by atoms with Gasteiger partial charge in [-0.25, -0.2) is 0 Å². The van der Waals surface area contributed by atoms with Gasteiger partial charge in [0.05, 0.1) is 6.26 Å². The summed E-state index contributed by atoms with van der Waals surface area (Å²) in [5.41, 5.74) is 0. The molecule has 6 nitrogen and oxygen atoms in total. The quantitative estimate of drug-likeness (QED) is 0.435. The monoisotopic (exact) mass is 346 g/mol. The van der Waals surface area contributed by atoms with Gasteiger partial charge >= 0.3 is 0 Å². The maximum atomic E-state index is 11.8. The fourth-order valence-electron chi connectivity index (χ4n) is 4.24. The van der Waals surface area contributed by atoms with Gasteiger partial charge in [-0.2, -0.15) is 0 Å². The number of nitrogens with zero attached hydrogens (tertiary/aromatic N) is 1. The van der Waals surface area contributed by atoms with E-state index in [0.29, 0.717) is 24.9 Å². The van der Waals surface area contributed by atoms with Gasteiger partial charge in [0.25, 0.3) is 5.91 Å². The average molecular weight is 346 g/mol. The third kappa shape index (κ3) is 5.00. The summed E-state index contributed by atoms with van der Waals surface area (Å²) in [5.74, 6) is 2.83. The summed E-state index contributed by atoms with van der Waals surface area (Å²) in [7, 11) is 1.79. The Morgan fingerprint density at radius 3 is 2.72 bits per heavy atom. The van der Waals surface area contributed by atoms with Crippen molar-refractivity contribution in [2.45, 2.75) is 51.0 Å². The largest absolute Gasteiger partial charge is 0.459 e. The molecule has 2 aliphatic rings. The molecular formula is C19H30N4O2. The minimum absolute atomic E-state index is 0.189. The first-order valence-electron chi connectivity index (χ1n) is 9.55. The Balaban J connectivity index is 1.36. The molecule has 3 N–H and O–H groups in total. The Morgan fingerprint density at radius 1 is 1.16 bits per heavy atom. The lowest BCUT2D eigenvalue weighted by molar-refractivity contribution is 0.0926. The Bertz CT molecular complexity index is 570. The lowest BCUT2D eigenvalue weighted by Crippen LogP contribution is -2.48. The van der Waals surface area contributed by atoms with Gasteiger partial charge in [0, 0.05) is 26.2 Å². The van der Waals surface area contributed by atoms with Crippen LogP contribution in [0, 0.1) is 11.8 Å². The standard InChI is InChI=1S/C19H30N4O2/c1-20-19(22-11-10-21-18(24)17-7-4-12-25-17)23-16-9-8-14-5-2-3-6-15(14)13-16/h4,7,12,14-16H,2-3,5-6,8-11,13H2,1H3,(H,21,24)(H2,20,22,23). The number of hydrogen-bond acceptors (Lipinski definition) is 3. The highest BCUT2D eigenvalue weighted by molar-refractivity contribution is 5.91. The maximum absolute atomic E-state index is 11.8. The van der Waals surface area contributed by atoms with Crippen LogP contribution in [-0.2, 0) is 0 Å². The maximum Gasteiger partial charge on any atom is 0.287 e. The third-order valence-corrected chi connectivity index (χ3v) is 5.55. The van der Waals surface area contributed by atoms with E-state index in [2.05, 4.69) is 20.9 Å². The van der Waals surface area contributed by atoms with Crippen LogP contribution in [0.1, 0.15) is 55.5 Å². The number of carbonyl (C=O) groups is 1. The molecule has 2 fully saturated rings. The lowest BCUT2D eigenvalue weighted by atomic mass is 9.69. The van der Waals surface area contributed by atoms with Crippen LogP contribution in [-0.4, -0.2) is 38.0 Å². The molecule has 25 heavy (non-hydrogen) atoms. The minimum Gasteiger partial charge on any atom is -0.459 e. The van der Waals surface area contributed by atoms with Crippen LogP contribution in [0.3, 0.4) is 0 Å². The van der Waals surface area contributed by atoms with Crippen molar-refractivity contribution in [2.24, 2.45) is 16.8 Å². The molecule has 0 spiro atoms. The third-order valence-electron chi connectivity index (χ3n) is 5.55. The number of guanidine groups is 1. The molecule has 1 amide bonds. The van der Waals surface area contributed by atoms with Gasteiger partial charge in [-0.05, 0) is 43.2 Å². The second kappa shape index (κ2) is 8.92. The highest BCUT2D eigenvalue weighted by Crippen LogP contribution is 2.40. The molecule has 0 radical (unpaired) electrons. The first-order chi connectivity index (χ1) is 12.3. The van der Waals surface area contributed by atoms with Crippen LogP contribution >= 0.6 is 0 Å². The number of hydrogen-bond donors (Lipinski definition) is 3. The number of fused-ring (bicyclic) bond motifs is 1. The Morgan fingerprint density at radius 2 is 1.96 bits per heavy atom. The number of rotatable bonds is 5. The van der Waals surface area contributed by atoms with Crippen LogP contribution in [0.4, 0.5) is 0 Å². The summed E-state index contributed by atoms with van der Waals surface area (Å²) in [4.78, 5) is 16.1. The summed E-state index contributed by atoms with van der Waals surface area (Å²) in [5, 5.41) is 9.67. The Kier molecular flexibility index (Phi) is 6.36. The zero-order chi connectivity index (χ0) is 17.5. The van der Waals surface area contributed by atoms with Crippen molar-refractivity contribution >= 4 is 11.9 Å². The molecule has 1 heterocycles. The first-order valence-corrected chi connectivity index (χ1v) is 9.55. The summed E-state index contributed by atoms with van der Waals surface area (Å²) >= 11 is 0. The smallest absolute Gasteiger partial charge is 0.287 e. The number of amides is 1. The van der Waals surface area contributed by atoms with Crippen molar-refractivity contribution in [1.29, 1.82) is 0 Å². The summed E-state index contributed by atoms with van der Waals surface area (Å²) in [6, 6.07) is 3.88. The van der Waals surface area contributed by atoms with Crippen molar-refractivity contribution in [3.63, 3.8) is 0 Å². The van der Waals surface area contributed by atoms with Crippen LogP contribution < -0.4 is 16.0 Å². The van der Waals surface area contributed by atoms with Crippen LogP contribution in [0.2, 0.25) is 0 Å². The molecule has 0 aliphatic heterocycles. The van der Waals surface area contributed by atoms with E-state index >= 15 is 0 Å². The van der Waals surface area contributed by atoms with E-state index in [4.69, 9.17) is 4.42 Å². The molecule has 0 saturated heterocycles. The molecular weight excluding hydrogens is 316 g/mol. The van der Waals surface area contributed by atoms with Crippen molar-refractivity contribution < 1.29 is 9.21 Å². The van der Waals surface area contributed by atoms with Crippen LogP contribution in [0.15, 0.2) is 27.8 Å². The molecule has 0 aromatic carbocycles. The summed E-state index contributed by atoms with van der Waals surface area (Å²) in [6.45, 7) is 1.15. The molecule has 6 heteroatoms. The molecule has 3 unspecified atom stereocenters. The summed E-state index contributed by atoms with van der Waals surface area (Å²) < 4.78 is 5.07. The van der Waals surface area contributed by atoms with Crippen LogP contribution in [0.25, 0.3) is 0 Å². The van der Waals surface area contributed by atoms with Gasteiger partial charge in [0.2, 0.25) is 0 Å². The number of carbonyl (C=O) groups excluding carboxylic acids is 1. The number of aliphatic imine (C=N–C) groups is 1. The van der Waals surface area contributed by atoms with Gasteiger partial charge in [0.1, 0.15) is 0 Å². The van der Waals surface area contributed by atoms with E-state index in [1.165, 1.54) is 51.2 Å². The first kappa shape index (κ1) is 17.8. The van der Waals surface area contributed by atoms with Crippen LogP contribution in [0.5, 0.6) is 0 Å².